The third kappa shape index (κ3) is 3.09. The number of thiocarbonyl (C=S) groups is 1. The van der Waals surface area contributed by atoms with Crippen molar-refractivity contribution in [1.82, 2.24) is 0 Å². The second-order valence-electron chi connectivity index (χ2n) is 2.98. The van der Waals surface area contributed by atoms with E-state index in [0.717, 1.165) is 6.07 Å². The van der Waals surface area contributed by atoms with Crippen molar-refractivity contribution in [3.8, 4) is 0 Å². The molecule has 0 spiro atoms. The highest BCUT2D eigenvalue weighted by molar-refractivity contribution is 7.80. The number of nitrogens with two attached hydrogens (primary N) is 1. The van der Waals surface area contributed by atoms with Crippen LogP contribution >= 0.6 is 12.2 Å². The highest BCUT2D eigenvalue weighted by atomic mass is 32.1. The van der Waals surface area contributed by atoms with Crippen molar-refractivity contribution in [2.24, 2.45) is 0 Å². The summed E-state index contributed by atoms with van der Waals surface area (Å²) in [5.41, 5.74) is 4.35. The number of halogens is 3. The molecule has 1 aromatic rings. The molecule has 82 valence electrons. The van der Waals surface area contributed by atoms with Crippen LogP contribution in [0.1, 0.15) is 12.5 Å². The molecule has 0 atom stereocenters. The Labute approximate surface area is 90.3 Å². The Morgan fingerprint density at radius 1 is 1.40 bits per heavy atom. The third-order valence-corrected chi connectivity index (χ3v) is 1.78. The van der Waals surface area contributed by atoms with Gasteiger partial charge in [-0.3, -0.25) is 0 Å². The van der Waals surface area contributed by atoms with Crippen LogP contribution in [0.2, 0.25) is 0 Å². The lowest BCUT2D eigenvalue weighted by atomic mass is 10.1. The molecule has 0 fully saturated rings. The van der Waals surface area contributed by atoms with E-state index in [1.807, 2.05) is 0 Å². The average molecular weight is 234 g/mol. The Morgan fingerprint density at radius 3 is 2.47 bits per heavy atom. The van der Waals surface area contributed by atoms with Gasteiger partial charge in [0.15, 0.2) is 0 Å². The zero-order valence-electron chi connectivity index (χ0n) is 7.85. The van der Waals surface area contributed by atoms with Crippen LogP contribution in [0.4, 0.5) is 24.5 Å². The van der Waals surface area contributed by atoms with Gasteiger partial charge in [0.05, 0.1) is 10.6 Å². The predicted molar refractivity (Wildman–Crippen MR) is 57.8 cm³/mol. The molecule has 15 heavy (non-hydrogen) atoms. The molecule has 0 aliphatic heterocycles. The molecule has 6 heteroatoms. The number of alkyl halides is 3. The molecule has 0 heterocycles. The summed E-state index contributed by atoms with van der Waals surface area (Å²) in [4.78, 5) is 0.396. The summed E-state index contributed by atoms with van der Waals surface area (Å²) < 4.78 is 37.3. The molecule has 0 aliphatic carbocycles. The Bertz CT molecular complexity index is 387. The number of anilines is 2. The van der Waals surface area contributed by atoms with E-state index < -0.39 is 11.7 Å². The van der Waals surface area contributed by atoms with Gasteiger partial charge in [0, 0.05) is 11.4 Å². The summed E-state index contributed by atoms with van der Waals surface area (Å²) >= 11 is 4.72. The molecule has 1 aromatic carbocycles. The molecule has 1 rings (SSSR count). The molecule has 0 saturated heterocycles. The Hall–Kier alpha value is -1.30. The summed E-state index contributed by atoms with van der Waals surface area (Å²) in [5.74, 6) is 0. The number of hydrogen-bond donors (Lipinski definition) is 2. The molecule has 0 saturated carbocycles. The number of benzene rings is 1. The Kier molecular flexibility index (Phi) is 3.18. The SMILES string of the molecule is CC(=S)Nc1ccc(N)c(C(F)(F)F)c1. The van der Waals surface area contributed by atoms with Gasteiger partial charge in [-0.05, 0) is 25.1 Å². The van der Waals surface area contributed by atoms with Crippen molar-refractivity contribution in [3.63, 3.8) is 0 Å². The molecule has 0 bridgehead atoms. The van der Waals surface area contributed by atoms with Crippen LogP contribution in [-0.4, -0.2) is 4.99 Å². The van der Waals surface area contributed by atoms with Crippen LogP contribution in [-0.2, 0) is 6.18 Å². The summed E-state index contributed by atoms with van der Waals surface area (Å²) in [6.45, 7) is 1.58. The molecule has 0 aromatic heterocycles. The fourth-order valence-electron chi connectivity index (χ4n) is 1.08. The zero-order chi connectivity index (χ0) is 11.6. The van der Waals surface area contributed by atoms with Crippen molar-refractivity contribution in [3.05, 3.63) is 23.8 Å². The quantitative estimate of drug-likeness (QED) is 0.579. The van der Waals surface area contributed by atoms with Crippen molar-refractivity contribution in [1.29, 1.82) is 0 Å². The highest BCUT2D eigenvalue weighted by Gasteiger charge is 2.33. The average Bonchev–Trinajstić information content (AvgIpc) is 2.05. The van der Waals surface area contributed by atoms with Gasteiger partial charge in [0.2, 0.25) is 0 Å². The van der Waals surface area contributed by atoms with E-state index in [0.29, 0.717) is 4.99 Å². The largest absolute Gasteiger partial charge is 0.418 e. The predicted octanol–water partition coefficient (Wildman–Crippen LogP) is 3.05. The molecular formula is C9H9F3N2S. The van der Waals surface area contributed by atoms with E-state index in [9.17, 15) is 13.2 Å². The maximum atomic E-state index is 12.4. The number of hydrogen-bond acceptors (Lipinski definition) is 2. The number of rotatable bonds is 1. The van der Waals surface area contributed by atoms with Crippen molar-refractivity contribution < 1.29 is 13.2 Å². The van der Waals surface area contributed by atoms with Crippen LogP contribution in [0, 0.1) is 0 Å². The molecule has 3 N–H and O–H groups in total. The highest BCUT2D eigenvalue weighted by Crippen LogP contribution is 2.35. The first kappa shape index (κ1) is 11.8. The fraction of sp³-hybridized carbons (Fsp3) is 0.222. The topological polar surface area (TPSA) is 38.0 Å². The standard InChI is InChI=1S/C9H9F3N2S/c1-5(15)14-6-2-3-8(13)7(4-6)9(10,11)12/h2-4H,13H2,1H3,(H,14,15). The zero-order valence-corrected chi connectivity index (χ0v) is 8.67. The summed E-state index contributed by atoms with van der Waals surface area (Å²) in [5, 5.41) is 2.62. The monoisotopic (exact) mass is 234 g/mol. The van der Waals surface area contributed by atoms with E-state index in [2.05, 4.69) is 5.32 Å². The lowest BCUT2D eigenvalue weighted by molar-refractivity contribution is -0.136. The lowest BCUT2D eigenvalue weighted by Gasteiger charge is -2.12. The maximum Gasteiger partial charge on any atom is 0.418 e. The van der Waals surface area contributed by atoms with Crippen LogP contribution < -0.4 is 11.1 Å². The smallest absolute Gasteiger partial charge is 0.398 e. The first-order chi connectivity index (χ1) is 6.80. The fourth-order valence-corrected chi connectivity index (χ4v) is 1.20. The third-order valence-electron chi connectivity index (χ3n) is 1.68. The lowest BCUT2D eigenvalue weighted by Crippen LogP contribution is -2.11. The first-order valence-corrected chi connectivity index (χ1v) is 4.46. The minimum atomic E-state index is -4.45. The van der Waals surface area contributed by atoms with Crippen molar-refractivity contribution >= 4 is 28.6 Å². The Morgan fingerprint density at radius 2 is 2.00 bits per heavy atom. The van der Waals surface area contributed by atoms with E-state index in [-0.39, 0.29) is 11.4 Å². The van der Waals surface area contributed by atoms with E-state index in [1.54, 1.807) is 6.92 Å². The summed E-state index contributed by atoms with van der Waals surface area (Å²) in [6.07, 6.45) is -4.45. The maximum absolute atomic E-state index is 12.4. The van der Waals surface area contributed by atoms with Gasteiger partial charge in [-0.25, -0.2) is 0 Å². The minimum Gasteiger partial charge on any atom is -0.398 e. The molecule has 0 unspecified atom stereocenters. The van der Waals surface area contributed by atoms with Gasteiger partial charge in [-0.2, -0.15) is 13.2 Å². The summed E-state index contributed by atoms with van der Waals surface area (Å²) in [7, 11) is 0. The Balaban J connectivity index is 3.11. The minimum absolute atomic E-state index is 0.282. The second-order valence-corrected chi connectivity index (χ2v) is 3.59. The van der Waals surface area contributed by atoms with Gasteiger partial charge < -0.3 is 11.1 Å². The van der Waals surface area contributed by atoms with Gasteiger partial charge in [-0.15, -0.1) is 0 Å². The van der Waals surface area contributed by atoms with Gasteiger partial charge >= 0.3 is 6.18 Å². The van der Waals surface area contributed by atoms with Gasteiger partial charge in [0.25, 0.3) is 0 Å². The van der Waals surface area contributed by atoms with E-state index in [1.165, 1.54) is 12.1 Å². The molecule has 0 amide bonds. The van der Waals surface area contributed by atoms with Crippen LogP contribution in [0.25, 0.3) is 0 Å². The van der Waals surface area contributed by atoms with Crippen LogP contribution in [0.15, 0.2) is 18.2 Å². The normalized spacial score (nSPS) is 11.2. The molecular weight excluding hydrogens is 225 g/mol. The van der Waals surface area contributed by atoms with Gasteiger partial charge in [-0.1, -0.05) is 12.2 Å². The van der Waals surface area contributed by atoms with E-state index >= 15 is 0 Å². The van der Waals surface area contributed by atoms with Gasteiger partial charge in [0.1, 0.15) is 0 Å². The molecule has 0 radical (unpaired) electrons. The number of nitrogen functional groups attached to an aromatic ring is 1. The van der Waals surface area contributed by atoms with Crippen LogP contribution in [0.5, 0.6) is 0 Å². The van der Waals surface area contributed by atoms with Crippen LogP contribution in [0.3, 0.4) is 0 Å². The first-order valence-electron chi connectivity index (χ1n) is 4.05. The molecule has 2 nitrogen and oxygen atoms in total. The number of nitrogens with one attached hydrogen (secondary N) is 1. The van der Waals surface area contributed by atoms with Crippen molar-refractivity contribution in [2.45, 2.75) is 13.1 Å². The molecule has 0 aliphatic rings. The second kappa shape index (κ2) is 4.06. The van der Waals surface area contributed by atoms with E-state index in [4.69, 9.17) is 18.0 Å². The van der Waals surface area contributed by atoms with Crippen molar-refractivity contribution in [2.75, 3.05) is 11.1 Å². The summed E-state index contributed by atoms with van der Waals surface area (Å²) in [6, 6.07) is 3.58.